The minimum Gasteiger partial charge on any atom is -0.337 e. The summed E-state index contributed by atoms with van der Waals surface area (Å²) >= 11 is 0. The number of carbonyl (C=O) groups is 1. The average Bonchev–Trinajstić information content (AvgIpc) is 3.19. The summed E-state index contributed by atoms with van der Waals surface area (Å²) in [6, 6.07) is 16.5. The van der Waals surface area contributed by atoms with Crippen LogP contribution < -0.4 is 10.9 Å². The van der Waals surface area contributed by atoms with Crippen molar-refractivity contribution in [1.29, 1.82) is 0 Å². The quantitative estimate of drug-likeness (QED) is 0.902. The molecule has 130 valence electrons. The van der Waals surface area contributed by atoms with Gasteiger partial charge in [-0.3, -0.25) is 20.6 Å². The monoisotopic (exact) mass is 336 g/mol. The van der Waals surface area contributed by atoms with E-state index < -0.39 is 0 Å². The molecule has 5 nitrogen and oxygen atoms in total. The summed E-state index contributed by atoms with van der Waals surface area (Å²) in [5, 5.41) is 0. The van der Waals surface area contributed by atoms with Crippen LogP contribution in [0.5, 0.6) is 0 Å². The highest BCUT2D eigenvalue weighted by atomic mass is 16.2. The Kier molecular flexibility index (Phi) is 4.76. The molecule has 0 bridgehead atoms. The minimum absolute atomic E-state index is 0.0486. The number of hydrogen-bond donors (Lipinski definition) is 2. The molecule has 2 aliphatic heterocycles. The zero-order valence-electron chi connectivity index (χ0n) is 14.3. The molecule has 2 saturated heterocycles. The first-order valence-corrected chi connectivity index (χ1v) is 9.06. The van der Waals surface area contributed by atoms with Crippen molar-refractivity contribution in [3.63, 3.8) is 0 Å². The predicted octanol–water partition coefficient (Wildman–Crippen LogP) is 2.19. The van der Waals surface area contributed by atoms with Crippen LogP contribution in [0, 0.1) is 5.92 Å². The van der Waals surface area contributed by atoms with Crippen LogP contribution >= 0.6 is 0 Å². The molecule has 1 aromatic heterocycles. The fourth-order valence-electron chi connectivity index (χ4n) is 4.12. The zero-order valence-corrected chi connectivity index (χ0v) is 14.3. The topological polar surface area (TPSA) is 57.3 Å². The lowest BCUT2D eigenvalue weighted by atomic mass is 9.81. The van der Waals surface area contributed by atoms with E-state index in [2.05, 4.69) is 46.2 Å². The normalized spacial score (nSPS) is 26.6. The van der Waals surface area contributed by atoms with Crippen molar-refractivity contribution in [1.82, 2.24) is 20.7 Å². The van der Waals surface area contributed by atoms with E-state index in [1.165, 1.54) is 5.56 Å². The van der Waals surface area contributed by atoms with Gasteiger partial charge in [-0.15, -0.1) is 0 Å². The first kappa shape index (κ1) is 16.2. The van der Waals surface area contributed by atoms with Gasteiger partial charge < -0.3 is 4.90 Å². The van der Waals surface area contributed by atoms with Gasteiger partial charge in [0.1, 0.15) is 5.69 Å². The van der Waals surface area contributed by atoms with Crippen LogP contribution in [0.2, 0.25) is 0 Å². The number of rotatable bonds is 3. The lowest BCUT2D eigenvalue weighted by Crippen LogP contribution is -2.48. The molecular formula is C20H24N4O. The predicted molar refractivity (Wildman–Crippen MR) is 97.0 cm³/mol. The van der Waals surface area contributed by atoms with Crippen molar-refractivity contribution in [2.24, 2.45) is 5.92 Å². The van der Waals surface area contributed by atoms with Gasteiger partial charge in [-0.2, -0.15) is 0 Å². The summed E-state index contributed by atoms with van der Waals surface area (Å²) in [6.07, 6.45) is 3.88. The van der Waals surface area contributed by atoms with Gasteiger partial charge in [0, 0.05) is 37.8 Å². The molecule has 1 amide bonds. The number of aromatic nitrogens is 1. The van der Waals surface area contributed by atoms with Gasteiger partial charge in [0.15, 0.2) is 0 Å². The number of likely N-dealkylation sites (tertiary alicyclic amines) is 1. The Labute approximate surface area is 148 Å². The van der Waals surface area contributed by atoms with Crippen LogP contribution in [-0.2, 0) is 0 Å². The van der Waals surface area contributed by atoms with Gasteiger partial charge in [-0.25, -0.2) is 0 Å². The average molecular weight is 336 g/mol. The maximum Gasteiger partial charge on any atom is 0.272 e. The highest BCUT2D eigenvalue weighted by Crippen LogP contribution is 2.31. The molecule has 1 aromatic carbocycles. The molecule has 4 rings (SSSR count). The van der Waals surface area contributed by atoms with Crippen LogP contribution in [0.4, 0.5) is 0 Å². The Bertz CT molecular complexity index is 706. The number of pyridine rings is 1. The molecule has 3 atom stereocenters. The summed E-state index contributed by atoms with van der Waals surface area (Å²) in [4.78, 5) is 18.9. The van der Waals surface area contributed by atoms with Crippen molar-refractivity contribution in [3.05, 3.63) is 66.0 Å². The third-order valence-corrected chi connectivity index (χ3v) is 5.39. The van der Waals surface area contributed by atoms with E-state index in [1.807, 2.05) is 17.0 Å². The second kappa shape index (κ2) is 7.33. The Morgan fingerprint density at radius 2 is 1.96 bits per heavy atom. The Morgan fingerprint density at radius 3 is 2.76 bits per heavy atom. The Balaban J connectivity index is 1.48. The number of nitrogens with zero attached hydrogens (tertiary/aromatic N) is 2. The molecule has 3 unspecified atom stereocenters. The Hall–Kier alpha value is -2.24. The molecule has 2 fully saturated rings. The summed E-state index contributed by atoms with van der Waals surface area (Å²) in [5.74, 6) is 0.935. The number of benzene rings is 1. The number of carbonyl (C=O) groups excluding carboxylic acids is 1. The van der Waals surface area contributed by atoms with Gasteiger partial charge in [0.2, 0.25) is 0 Å². The molecule has 0 spiro atoms. The summed E-state index contributed by atoms with van der Waals surface area (Å²) in [7, 11) is 0. The second-order valence-corrected chi connectivity index (χ2v) is 6.94. The van der Waals surface area contributed by atoms with E-state index in [-0.39, 0.29) is 5.91 Å². The Morgan fingerprint density at radius 1 is 1.12 bits per heavy atom. The van der Waals surface area contributed by atoms with Gasteiger partial charge >= 0.3 is 0 Å². The lowest BCUT2D eigenvalue weighted by molar-refractivity contribution is 0.0638. The van der Waals surface area contributed by atoms with Crippen LogP contribution in [0.3, 0.4) is 0 Å². The molecule has 0 saturated carbocycles. The lowest BCUT2D eigenvalue weighted by Gasteiger charge is -2.37. The zero-order chi connectivity index (χ0) is 17.1. The van der Waals surface area contributed by atoms with E-state index in [0.29, 0.717) is 23.6 Å². The van der Waals surface area contributed by atoms with Gasteiger partial charge in [0.25, 0.3) is 5.91 Å². The minimum atomic E-state index is 0.0486. The second-order valence-electron chi connectivity index (χ2n) is 6.94. The number of hydrogen-bond acceptors (Lipinski definition) is 4. The van der Waals surface area contributed by atoms with E-state index in [0.717, 1.165) is 32.5 Å². The third kappa shape index (κ3) is 3.43. The van der Waals surface area contributed by atoms with Crippen molar-refractivity contribution in [2.45, 2.75) is 24.8 Å². The van der Waals surface area contributed by atoms with Crippen LogP contribution in [0.15, 0.2) is 54.7 Å². The van der Waals surface area contributed by atoms with E-state index in [4.69, 9.17) is 0 Å². The number of piperidine rings is 1. The van der Waals surface area contributed by atoms with Crippen molar-refractivity contribution >= 4 is 5.91 Å². The van der Waals surface area contributed by atoms with Crippen LogP contribution in [-0.4, -0.2) is 41.5 Å². The molecule has 0 aliphatic carbocycles. The first-order valence-electron chi connectivity index (χ1n) is 9.06. The van der Waals surface area contributed by atoms with E-state index in [9.17, 15) is 4.79 Å². The maximum absolute atomic E-state index is 12.7. The largest absolute Gasteiger partial charge is 0.337 e. The van der Waals surface area contributed by atoms with Gasteiger partial charge in [-0.1, -0.05) is 36.4 Å². The van der Waals surface area contributed by atoms with Crippen molar-refractivity contribution < 1.29 is 4.79 Å². The molecule has 0 radical (unpaired) electrons. The number of nitrogens with one attached hydrogen (secondary N) is 2. The fourth-order valence-corrected chi connectivity index (χ4v) is 4.12. The van der Waals surface area contributed by atoms with Gasteiger partial charge in [0.05, 0.1) is 0 Å². The summed E-state index contributed by atoms with van der Waals surface area (Å²) < 4.78 is 0. The third-order valence-electron chi connectivity index (χ3n) is 5.39. The fraction of sp³-hybridized carbons (Fsp3) is 0.400. The van der Waals surface area contributed by atoms with Gasteiger partial charge in [-0.05, 0) is 36.5 Å². The van der Waals surface area contributed by atoms with Crippen molar-refractivity contribution in [2.75, 3.05) is 19.6 Å². The molecule has 2 aliphatic rings. The number of hydrazine groups is 1. The van der Waals surface area contributed by atoms with Crippen LogP contribution in [0.1, 0.15) is 34.8 Å². The molecule has 2 N–H and O–H groups in total. The standard InChI is InChI=1S/C20H24N4O/c25-20(18-10-4-5-11-21-18)24-12-6-9-16(14-24)19-17(13-22-23-19)15-7-2-1-3-8-15/h1-5,7-8,10-11,16-17,19,22-23H,6,9,12-14H2. The summed E-state index contributed by atoms with van der Waals surface area (Å²) in [5.41, 5.74) is 8.70. The highest BCUT2D eigenvalue weighted by Gasteiger charge is 2.37. The number of amides is 1. The highest BCUT2D eigenvalue weighted by molar-refractivity contribution is 5.92. The maximum atomic E-state index is 12.7. The molecule has 25 heavy (non-hydrogen) atoms. The van der Waals surface area contributed by atoms with Crippen molar-refractivity contribution in [3.8, 4) is 0 Å². The van der Waals surface area contributed by atoms with E-state index in [1.54, 1.807) is 12.3 Å². The SMILES string of the molecule is O=C(c1ccccn1)N1CCCC(C2NNCC2c2ccccc2)C1. The summed E-state index contributed by atoms with van der Waals surface area (Å²) in [6.45, 7) is 2.54. The smallest absolute Gasteiger partial charge is 0.272 e. The van der Waals surface area contributed by atoms with Crippen LogP contribution in [0.25, 0.3) is 0 Å². The molecule has 5 heteroatoms. The molecule has 3 heterocycles. The van der Waals surface area contributed by atoms with E-state index >= 15 is 0 Å². The first-order chi connectivity index (χ1) is 12.3. The molecular weight excluding hydrogens is 312 g/mol. The molecule has 2 aromatic rings.